The van der Waals surface area contributed by atoms with Crippen molar-refractivity contribution >= 4 is 23.2 Å². The first-order chi connectivity index (χ1) is 12.6. The molecule has 3 rings (SSSR count). The van der Waals surface area contributed by atoms with Gasteiger partial charge in [-0.2, -0.15) is 0 Å². The van der Waals surface area contributed by atoms with Crippen LogP contribution in [0.5, 0.6) is 0 Å². The summed E-state index contributed by atoms with van der Waals surface area (Å²) in [6, 6.07) is 21.5. The highest BCUT2D eigenvalue weighted by Gasteiger charge is 2.16. The average molecular weight is 348 g/mol. The molecule has 26 heavy (non-hydrogen) atoms. The van der Waals surface area contributed by atoms with Gasteiger partial charge in [0.15, 0.2) is 0 Å². The van der Waals surface area contributed by atoms with E-state index in [1.54, 1.807) is 37.4 Å². The van der Waals surface area contributed by atoms with Crippen LogP contribution in [0.2, 0.25) is 0 Å². The predicted octanol–water partition coefficient (Wildman–Crippen LogP) is 4.35. The van der Waals surface area contributed by atoms with Crippen LogP contribution in [0, 0.1) is 5.82 Å². The molecule has 0 spiro atoms. The number of anilines is 2. The molecule has 130 valence electrons. The van der Waals surface area contributed by atoms with Crippen LogP contribution < -0.4 is 10.2 Å². The third kappa shape index (κ3) is 3.78. The summed E-state index contributed by atoms with van der Waals surface area (Å²) in [6.07, 6.45) is 0. The predicted molar refractivity (Wildman–Crippen MR) is 100.0 cm³/mol. The van der Waals surface area contributed by atoms with Crippen molar-refractivity contribution in [1.29, 1.82) is 0 Å². The topological polar surface area (TPSA) is 49.4 Å². The molecule has 5 heteroatoms. The van der Waals surface area contributed by atoms with Crippen LogP contribution >= 0.6 is 0 Å². The number of hydrogen-bond donors (Lipinski definition) is 1. The minimum atomic E-state index is -0.517. The second-order valence-electron chi connectivity index (χ2n) is 5.71. The fraction of sp³-hybridized carbons (Fsp3) is 0.0476. The monoisotopic (exact) mass is 348 g/mol. The van der Waals surface area contributed by atoms with Crippen LogP contribution in [0.1, 0.15) is 20.7 Å². The number of nitrogens with one attached hydrogen (secondary N) is 1. The molecule has 0 fully saturated rings. The van der Waals surface area contributed by atoms with E-state index in [-0.39, 0.29) is 17.2 Å². The Labute approximate surface area is 150 Å². The second kappa shape index (κ2) is 7.61. The van der Waals surface area contributed by atoms with Gasteiger partial charge < -0.3 is 10.2 Å². The van der Waals surface area contributed by atoms with E-state index in [9.17, 15) is 14.0 Å². The lowest BCUT2D eigenvalue weighted by Gasteiger charge is -2.17. The zero-order chi connectivity index (χ0) is 18.5. The number of benzene rings is 3. The smallest absolute Gasteiger partial charge is 0.258 e. The van der Waals surface area contributed by atoms with E-state index in [4.69, 9.17) is 0 Å². The van der Waals surface area contributed by atoms with E-state index in [1.807, 2.05) is 30.3 Å². The van der Waals surface area contributed by atoms with Crippen molar-refractivity contribution in [1.82, 2.24) is 0 Å². The molecule has 0 aliphatic rings. The van der Waals surface area contributed by atoms with Crippen molar-refractivity contribution in [3.8, 4) is 0 Å². The molecule has 0 saturated carbocycles. The largest absolute Gasteiger partial charge is 0.319 e. The lowest BCUT2D eigenvalue weighted by atomic mass is 10.1. The zero-order valence-corrected chi connectivity index (χ0v) is 14.1. The Morgan fingerprint density at radius 1 is 0.846 bits per heavy atom. The Bertz CT molecular complexity index is 942. The first-order valence-electron chi connectivity index (χ1n) is 8.05. The molecule has 1 N–H and O–H groups in total. The van der Waals surface area contributed by atoms with Crippen LogP contribution in [-0.4, -0.2) is 18.9 Å². The number of rotatable bonds is 4. The Kier molecular flexibility index (Phi) is 5.08. The van der Waals surface area contributed by atoms with Gasteiger partial charge in [-0.3, -0.25) is 9.59 Å². The molecular formula is C21H17FN2O2. The van der Waals surface area contributed by atoms with Crippen LogP contribution in [0.15, 0.2) is 78.9 Å². The molecule has 3 aromatic rings. The maximum absolute atomic E-state index is 13.7. The van der Waals surface area contributed by atoms with Crippen LogP contribution in [0.25, 0.3) is 0 Å². The van der Waals surface area contributed by atoms with E-state index in [1.165, 1.54) is 23.1 Å². The van der Waals surface area contributed by atoms with Crippen molar-refractivity contribution in [3.05, 3.63) is 95.8 Å². The van der Waals surface area contributed by atoms with E-state index in [0.717, 1.165) is 5.69 Å². The maximum Gasteiger partial charge on any atom is 0.258 e. The SMILES string of the molecule is CN(C(=O)c1cccc(C(=O)Nc2ccccc2F)c1)c1ccccc1. The van der Waals surface area contributed by atoms with Crippen molar-refractivity contribution in [2.24, 2.45) is 0 Å². The first kappa shape index (κ1) is 17.4. The molecule has 0 atom stereocenters. The van der Waals surface area contributed by atoms with Crippen molar-refractivity contribution < 1.29 is 14.0 Å². The molecule has 0 aliphatic heterocycles. The normalized spacial score (nSPS) is 10.2. The third-order valence-corrected chi connectivity index (χ3v) is 3.94. The summed E-state index contributed by atoms with van der Waals surface area (Å²) in [4.78, 5) is 26.6. The lowest BCUT2D eigenvalue weighted by Crippen LogP contribution is -2.26. The highest BCUT2D eigenvalue weighted by atomic mass is 19.1. The van der Waals surface area contributed by atoms with E-state index in [0.29, 0.717) is 5.56 Å². The molecule has 4 nitrogen and oxygen atoms in total. The first-order valence-corrected chi connectivity index (χ1v) is 8.05. The van der Waals surface area contributed by atoms with E-state index in [2.05, 4.69) is 5.32 Å². The van der Waals surface area contributed by atoms with Gasteiger partial charge >= 0.3 is 0 Å². The van der Waals surface area contributed by atoms with E-state index >= 15 is 0 Å². The number of carbonyl (C=O) groups excluding carboxylic acids is 2. The molecule has 0 aliphatic carbocycles. The molecule has 2 amide bonds. The fourth-order valence-electron chi connectivity index (χ4n) is 2.51. The summed E-state index contributed by atoms with van der Waals surface area (Å²) in [5.41, 5.74) is 1.49. The van der Waals surface area contributed by atoms with Gasteiger partial charge in [0.2, 0.25) is 0 Å². The quantitative estimate of drug-likeness (QED) is 0.762. The molecule has 0 bridgehead atoms. The van der Waals surface area contributed by atoms with Gasteiger partial charge in [-0.15, -0.1) is 0 Å². The highest BCUT2D eigenvalue weighted by Crippen LogP contribution is 2.17. The zero-order valence-electron chi connectivity index (χ0n) is 14.1. The van der Waals surface area contributed by atoms with Gasteiger partial charge in [-0.25, -0.2) is 4.39 Å². The van der Waals surface area contributed by atoms with Crippen LogP contribution in [0.4, 0.5) is 15.8 Å². The van der Waals surface area contributed by atoms with Crippen molar-refractivity contribution in [3.63, 3.8) is 0 Å². The van der Waals surface area contributed by atoms with E-state index < -0.39 is 11.7 Å². The fourth-order valence-corrected chi connectivity index (χ4v) is 2.51. The van der Waals surface area contributed by atoms with Gasteiger partial charge in [-0.1, -0.05) is 36.4 Å². The van der Waals surface area contributed by atoms with Crippen molar-refractivity contribution in [2.45, 2.75) is 0 Å². The standard InChI is InChI=1S/C21H17FN2O2/c1-24(17-10-3-2-4-11-17)21(26)16-9-7-8-15(14-16)20(25)23-19-13-6-5-12-18(19)22/h2-14H,1H3,(H,23,25). The van der Waals surface area contributed by atoms with Gasteiger partial charge in [-0.05, 0) is 42.5 Å². The number of para-hydroxylation sites is 2. The second-order valence-corrected chi connectivity index (χ2v) is 5.71. The highest BCUT2D eigenvalue weighted by molar-refractivity contribution is 6.09. The summed E-state index contributed by atoms with van der Waals surface area (Å²) in [5.74, 6) is -1.24. The number of hydrogen-bond acceptors (Lipinski definition) is 2. The Hall–Kier alpha value is -3.47. The van der Waals surface area contributed by atoms with Crippen LogP contribution in [-0.2, 0) is 0 Å². The van der Waals surface area contributed by atoms with Gasteiger partial charge in [0.05, 0.1) is 5.69 Å². The number of halogens is 1. The van der Waals surface area contributed by atoms with Gasteiger partial charge in [0.1, 0.15) is 5.82 Å². The lowest BCUT2D eigenvalue weighted by molar-refractivity contribution is 0.0993. The molecule has 0 unspecified atom stereocenters. The summed E-state index contributed by atoms with van der Waals surface area (Å²) >= 11 is 0. The Morgan fingerprint density at radius 2 is 1.50 bits per heavy atom. The minimum absolute atomic E-state index is 0.0932. The number of nitrogens with zero attached hydrogens (tertiary/aromatic N) is 1. The number of carbonyl (C=O) groups is 2. The van der Waals surface area contributed by atoms with Crippen LogP contribution in [0.3, 0.4) is 0 Å². The molecular weight excluding hydrogens is 331 g/mol. The average Bonchev–Trinajstić information content (AvgIpc) is 2.69. The Balaban J connectivity index is 1.80. The van der Waals surface area contributed by atoms with Crippen molar-refractivity contribution in [2.75, 3.05) is 17.3 Å². The Morgan fingerprint density at radius 3 is 2.23 bits per heavy atom. The molecule has 0 saturated heterocycles. The van der Waals surface area contributed by atoms with Gasteiger partial charge in [0.25, 0.3) is 11.8 Å². The van der Waals surface area contributed by atoms with Gasteiger partial charge in [0, 0.05) is 23.9 Å². The number of amides is 2. The third-order valence-electron chi connectivity index (χ3n) is 3.94. The summed E-state index contributed by atoms with van der Waals surface area (Å²) in [6.45, 7) is 0. The molecule has 0 aromatic heterocycles. The molecule has 3 aromatic carbocycles. The minimum Gasteiger partial charge on any atom is -0.319 e. The summed E-state index contributed by atoms with van der Waals surface area (Å²) in [5, 5.41) is 2.51. The maximum atomic E-state index is 13.7. The molecule has 0 heterocycles. The summed E-state index contributed by atoms with van der Waals surface area (Å²) in [7, 11) is 1.67. The molecule has 0 radical (unpaired) electrons. The summed E-state index contributed by atoms with van der Waals surface area (Å²) < 4.78 is 13.7.